The van der Waals surface area contributed by atoms with Gasteiger partial charge in [0, 0.05) is 32.1 Å². The quantitative estimate of drug-likeness (QED) is 0.773. The van der Waals surface area contributed by atoms with E-state index in [0.29, 0.717) is 17.2 Å². The first-order chi connectivity index (χ1) is 12.2. The van der Waals surface area contributed by atoms with Gasteiger partial charge in [-0.1, -0.05) is 23.8 Å². The molecular weight excluding hydrogens is 377 g/mol. The summed E-state index contributed by atoms with van der Waals surface area (Å²) in [5, 5.41) is 0.616. The summed E-state index contributed by atoms with van der Waals surface area (Å²) >= 11 is 1.40. The number of para-hydroxylation sites is 1. The number of halogens is 2. The van der Waals surface area contributed by atoms with E-state index in [9.17, 15) is 9.18 Å². The lowest BCUT2D eigenvalue weighted by Crippen LogP contribution is -2.45. The monoisotopic (exact) mass is 399 g/mol. The molecule has 26 heavy (non-hydrogen) atoms. The molecule has 5 nitrogen and oxygen atoms in total. The highest BCUT2D eigenvalue weighted by Gasteiger charge is 2.32. The number of nitrogens with zero attached hydrogens (tertiary/aromatic N) is 3. The van der Waals surface area contributed by atoms with Crippen molar-refractivity contribution in [2.45, 2.75) is 19.3 Å². The minimum absolute atomic E-state index is 0. The minimum Gasteiger partial charge on any atom is -0.379 e. The molecule has 1 aliphatic heterocycles. The van der Waals surface area contributed by atoms with Crippen LogP contribution in [0.2, 0.25) is 0 Å². The van der Waals surface area contributed by atoms with E-state index in [1.807, 2.05) is 6.07 Å². The number of morpholine rings is 1. The Labute approximate surface area is 162 Å². The number of aromatic nitrogens is 1. The Bertz CT molecular complexity index is 762. The van der Waals surface area contributed by atoms with Crippen molar-refractivity contribution in [3.63, 3.8) is 0 Å². The molecule has 2 fully saturated rings. The maximum absolute atomic E-state index is 14.0. The van der Waals surface area contributed by atoms with E-state index in [-0.39, 0.29) is 30.0 Å². The molecule has 1 amide bonds. The molecule has 1 aliphatic carbocycles. The van der Waals surface area contributed by atoms with E-state index in [1.165, 1.54) is 17.4 Å². The first-order valence-corrected chi connectivity index (χ1v) is 9.70. The van der Waals surface area contributed by atoms with Gasteiger partial charge in [-0.3, -0.25) is 14.6 Å². The summed E-state index contributed by atoms with van der Waals surface area (Å²) in [5.41, 5.74) is 0.361. The summed E-state index contributed by atoms with van der Waals surface area (Å²) in [6.45, 7) is 4.64. The smallest absolute Gasteiger partial charge is 0.231 e. The molecule has 0 N–H and O–H groups in total. The Morgan fingerprint density at radius 2 is 2.12 bits per heavy atom. The van der Waals surface area contributed by atoms with Gasteiger partial charge >= 0.3 is 0 Å². The topological polar surface area (TPSA) is 45.7 Å². The number of amides is 1. The fraction of sp³-hybridized carbons (Fsp3) is 0.556. The first kappa shape index (κ1) is 19.5. The number of fused-ring (bicyclic) bond motifs is 1. The lowest BCUT2D eigenvalue weighted by Gasteiger charge is -2.33. The van der Waals surface area contributed by atoms with Gasteiger partial charge < -0.3 is 4.74 Å². The normalized spacial score (nSPS) is 18.3. The molecule has 1 saturated heterocycles. The van der Waals surface area contributed by atoms with Crippen molar-refractivity contribution in [2.75, 3.05) is 44.3 Å². The first-order valence-electron chi connectivity index (χ1n) is 8.89. The van der Waals surface area contributed by atoms with Crippen LogP contribution in [0.25, 0.3) is 10.2 Å². The van der Waals surface area contributed by atoms with Gasteiger partial charge in [0.25, 0.3) is 0 Å². The maximum Gasteiger partial charge on any atom is 0.231 e. The number of carbonyl (C=O) groups is 1. The predicted molar refractivity (Wildman–Crippen MR) is 104 cm³/mol. The standard InChI is InChI=1S/C18H22FN3O2S.ClH/c19-14-5-2-6-15-16(14)20-18(25-15)22(17(23)13-3-1-4-13)8-7-21-9-11-24-12-10-21;/h2,5-6,13H,1,3-4,7-12H2;1H. The fourth-order valence-corrected chi connectivity index (χ4v) is 4.27. The Morgan fingerprint density at radius 1 is 1.35 bits per heavy atom. The molecule has 0 radical (unpaired) electrons. The Kier molecular flexibility index (Phi) is 6.45. The van der Waals surface area contributed by atoms with E-state index in [2.05, 4.69) is 9.88 Å². The Balaban J connectivity index is 0.00000196. The van der Waals surface area contributed by atoms with Crippen molar-refractivity contribution < 1.29 is 13.9 Å². The lowest BCUT2D eigenvalue weighted by atomic mass is 9.84. The average Bonchev–Trinajstić information content (AvgIpc) is 3.00. The summed E-state index contributed by atoms with van der Waals surface area (Å²) in [7, 11) is 0. The van der Waals surface area contributed by atoms with Gasteiger partial charge in [0.15, 0.2) is 5.13 Å². The van der Waals surface area contributed by atoms with Gasteiger partial charge in [0.2, 0.25) is 5.91 Å². The maximum atomic E-state index is 14.0. The molecule has 0 spiro atoms. The van der Waals surface area contributed by atoms with Crippen LogP contribution in [0.3, 0.4) is 0 Å². The van der Waals surface area contributed by atoms with Crippen LogP contribution in [0, 0.1) is 11.7 Å². The van der Waals surface area contributed by atoms with Gasteiger partial charge in [-0.15, -0.1) is 12.4 Å². The van der Waals surface area contributed by atoms with Crippen molar-refractivity contribution in [1.82, 2.24) is 9.88 Å². The van der Waals surface area contributed by atoms with Crippen LogP contribution in [0.4, 0.5) is 9.52 Å². The van der Waals surface area contributed by atoms with E-state index in [0.717, 1.165) is 56.8 Å². The zero-order valence-corrected chi connectivity index (χ0v) is 16.2. The highest BCUT2D eigenvalue weighted by atomic mass is 35.5. The van der Waals surface area contributed by atoms with Gasteiger partial charge in [-0.2, -0.15) is 0 Å². The van der Waals surface area contributed by atoms with Gasteiger partial charge in [0.1, 0.15) is 11.3 Å². The van der Waals surface area contributed by atoms with Crippen LogP contribution in [0.5, 0.6) is 0 Å². The average molecular weight is 400 g/mol. The van der Waals surface area contributed by atoms with Crippen molar-refractivity contribution in [3.05, 3.63) is 24.0 Å². The number of anilines is 1. The largest absolute Gasteiger partial charge is 0.379 e. The van der Waals surface area contributed by atoms with Gasteiger partial charge in [0.05, 0.1) is 17.9 Å². The zero-order valence-electron chi connectivity index (χ0n) is 14.5. The Morgan fingerprint density at radius 3 is 2.77 bits per heavy atom. The van der Waals surface area contributed by atoms with Crippen molar-refractivity contribution in [3.8, 4) is 0 Å². The molecule has 0 unspecified atom stereocenters. The van der Waals surface area contributed by atoms with Crippen molar-refractivity contribution in [1.29, 1.82) is 0 Å². The van der Waals surface area contributed by atoms with E-state index in [1.54, 1.807) is 11.0 Å². The van der Waals surface area contributed by atoms with Crippen LogP contribution < -0.4 is 4.90 Å². The zero-order chi connectivity index (χ0) is 17.2. The van der Waals surface area contributed by atoms with Crippen LogP contribution in [-0.2, 0) is 9.53 Å². The predicted octanol–water partition coefficient (Wildman–Crippen LogP) is 3.32. The molecule has 1 saturated carbocycles. The SMILES string of the molecule is Cl.O=C(C1CCC1)N(CCN1CCOCC1)c1nc2c(F)cccc2s1. The van der Waals surface area contributed by atoms with Gasteiger partial charge in [-0.25, -0.2) is 9.37 Å². The molecule has 1 aromatic heterocycles. The summed E-state index contributed by atoms with van der Waals surface area (Å²) in [6, 6.07) is 4.96. The number of benzene rings is 1. The van der Waals surface area contributed by atoms with Crippen molar-refractivity contribution >= 4 is 45.0 Å². The number of hydrogen-bond acceptors (Lipinski definition) is 5. The third-order valence-electron chi connectivity index (χ3n) is 5.05. The summed E-state index contributed by atoms with van der Waals surface area (Å²) in [5.74, 6) is -0.0928. The molecule has 2 heterocycles. The molecular formula is C18H23ClFN3O2S. The van der Waals surface area contributed by atoms with E-state index >= 15 is 0 Å². The minimum atomic E-state index is -0.329. The highest BCUT2D eigenvalue weighted by molar-refractivity contribution is 7.22. The number of carbonyl (C=O) groups excluding carboxylic acids is 1. The molecule has 2 aromatic rings. The second kappa shape index (κ2) is 8.61. The molecule has 0 atom stereocenters. The summed E-state index contributed by atoms with van der Waals surface area (Å²) in [4.78, 5) is 21.4. The number of thiazole rings is 1. The number of rotatable bonds is 5. The molecule has 0 bridgehead atoms. The lowest BCUT2D eigenvalue weighted by molar-refractivity contribution is -0.124. The second-order valence-electron chi connectivity index (χ2n) is 6.65. The van der Waals surface area contributed by atoms with Crippen LogP contribution in [0.1, 0.15) is 19.3 Å². The Hall–Kier alpha value is -1.28. The number of ether oxygens (including phenoxy) is 1. The molecule has 4 rings (SSSR count). The van der Waals surface area contributed by atoms with Crippen LogP contribution in [0.15, 0.2) is 18.2 Å². The second-order valence-corrected chi connectivity index (χ2v) is 7.66. The third kappa shape index (κ3) is 4.01. The molecule has 1 aromatic carbocycles. The van der Waals surface area contributed by atoms with Crippen molar-refractivity contribution in [2.24, 2.45) is 5.92 Å². The molecule has 8 heteroatoms. The van der Waals surface area contributed by atoms with Crippen LogP contribution >= 0.6 is 23.7 Å². The fourth-order valence-electron chi connectivity index (χ4n) is 3.26. The van der Waals surface area contributed by atoms with E-state index < -0.39 is 0 Å². The molecule has 142 valence electrons. The third-order valence-corrected chi connectivity index (χ3v) is 6.10. The van der Waals surface area contributed by atoms with E-state index in [4.69, 9.17) is 4.74 Å². The molecule has 2 aliphatic rings. The highest BCUT2D eigenvalue weighted by Crippen LogP contribution is 2.34. The number of hydrogen-bond donors (Lipinski definition) is 0. The summed E-state index contributed by atoms with van der Waals surface area (Å²) in [6.07, 6.45) is 3.01. The van der Waals surface area contributed by atoms with Gasteiger partial charge in [-0.05, 0) is 25.0 Å². The summed E-state index contributed by atoms with van der Waals surface area (Å²) < 4.78 is 20.2. The van der Waals surface area contributed by atoms with Crippen LogP contribution in [-0.4, -0.2) is 55.2 Å².